The van der Waals surface area contributed by atoms with Crippen molar-refractivity contribution in [1.82, 2.24) is 0 Å². The van der Waals surface area contributed by atoms with Gasteiger partial charge in [0, 0.05) is 5.92 Å². The monoisotopic (exact) mass is 173 g/mol. The zero-order valence-corrected chi connectivity index (χ0v) is 7.20. The highest BCUT2D eigenvalue weighted by Gasteiger charge is 2.07. The fraction of sp³-hybridized carbons (Fsp3) is 0.167. The minimum absolute atomic E-state index is 0.175. The predicted molar refractivity (Wildman–Crippen MR) is 50.7 cm³/mol. The molecule has 2 rings (SSSR count). The lowest BCUT2D eigenvalue weighted by Crippen LogP contribution is -1.95. The minimum atomic E-state index is -0.175. The lowest BCUT2D eigenvalue weighted by molar-refractivity contribution is 0.626. The summed E-state index contributed by atoms with van der Waals surface area (Å²) in [6.07, 6.45) is 9.99. The summed E-state index contributed by atoms with van der Waals surface area (Å²) >= 11 is 0. The van der Waals surface area contributed by atoms with Crippen molar-refractivity contribution >= 4 is 0 Å². The highest BCUT2D eigenvalue weighted by atomic mass is 19.1. The number of hydrogen-bond donors (Lipinski definition) is 0. The second-order valence-corrected chi connectivity index (χ2v) is 3.12. The molecule has 0 saturated carbocycles. The number of hydrogen-bond acceptors (Lipinski definition) is 0. The molecular weight excluding hydrogens is 163 g/mol. The highest BCUT2D eigenvalue weighted by Crippen LogP contribution is 2.23. The van der Waals surface area contributed by atoms with Gasteiger partial charge in [0.1, 0.15) is 5.82 Å². The van der Waals surface area contributed by atoms with E-state index in [-0.39, 0.29) is 5.82 Å². The molecule has 0 heterocycles. The Labute approximate surface area is 77.4 Å². The van der Waals surface area contributed by atoms with E-state index in [9.17, 15) is 4.39 Å². The van der Waals surface area contributed by atoms with Gasteiger partial charge in [0.15, 0.2) is 0 Å². The second-order valence-electron chi connectivity index (χ2n) is 3.12. The predicted octanol–water partition coefficient (Wildman–Crippen LogP) is 3.23. The summed E-state index contributed by atoms with van der Waals surface area (Å²) in [7, 11) is 0. The fourth-order valence-electron chi connectivity index (χ4n) is 1.47. The van der Waals surface area contributed by atoms with Crippen LogP contribution < -0.4 is 0 Å². The van der Waals surface area contributed by atoms with Crippen molar-refractivity contribution in [3.8, 4) is 0 Å². The normalized spacial score (nSPS) is 20.5. The molecule has 1 aliphatic carbocycles. The number of halogens is 1. The van der Waals surface area contributed by atoms with Gasteiger partial charge in [-0.15, -0.1) is 0 Å². The molecule has 0 fully saturated rings. The molecule has 1 aliphatic rings. The molecule has 0 aliphatic heterocycles. The van der Waals surface area contributed by atoms with Crippen molar-refractivity contribution < 1.29 is 4.39 Å². The van der Waals surface area contributed by atoms with Gasteiger partial charge in [0.05, 0.1) is 0 Å². The Morgan fingerprint density at radius 1 is 1.23 bits per heavy atom. The first-order valence-electron chi connectivity index (χ1n) is 4.36. The lowest BCUT2D eigenvalue weighted by atomic mass is 9.93. The van der Waals surface area contributed by atoms with Gasteiger partial charge < -0.3 is 0 Å². The van der Waals surface area contributed by atoms with Crippen LogP contribution >= 0.6 is 0 Å². The Balaban J connectivity index is 2.21. The van der Waals surface area contributed by atoms with E-state index in [4.69, 9.17) is 0 Å². The zero-order chi connectivity index (χ0) is 9.10. The van der Waals surface area contributed by atoms with Crippen LogP contribution in [0.3, 0.4) is 0 Å². The molecular formula is C12H10F. The van der Waals surface area contributed by atoms with Crippen LogP contribution in [0.1, 0.15) is 17.9 Å². The molecule has 13 heavy (non-hydrogen) atoms. The zero-order valence-electron chi connectivity index (χ0n) is 7.20. The van der Waals surface area contributed by atoms with Crippen LogP contribution in [0.4, 0.5) is 4.39 Å². The van der Waals surface area contributed by atoms with E-state index in [0.29, 0.717) is 5.92 Å². The van der Waals surface area contributed by atoms with Gasteiger partial charge >= 0.3 is 0 Å². The Bertz CT molecular complexity index is 333. The maximum Gasteiger partial charge on any atom is 0.123 e. The quantitative estimate of drug-likeness (QED) is 0.611. The summed E-state index contributed by atoms with van der Waals surface area (Å²) in [6, 6.07) is 6.68. The summed E-state index contributed by atoms with van der Waals surface area (Å²) in [5, 5.41) is 0. The first kappa shape index (κ1) is 8.24. The number of allylic oxidation sites excluding steroid dienone is 4. The first-order valence-corrected chi connectivity index (χ1v) is 4.36. The minimum Gasteiger partial charge on any atom is -0.207 e. The molecule has 0 aromatic heterocycles. The van der Waals surface area contributed by atoms with Crippen molar-refractivity contribution in [2.24, 2.45) is 0 Å². The molecule has 0 amide bonds. The molecule has 0 spiro atoms. The number of rotatable bonds is 1. The molecule has 1 atom stereocenters. The maximum absolute atomic E-state index is 12.6. The standard InChI is InChI=1S/C12H10F/c13-12-8-6-11(7-9-12)10-4-2-1-3-5-10/h2-4,6-10H,5H2. The highest BCUT2D eigenvalue weighted by molar-refractivity contribution is 5.27. The first-order chi connectivity index (χ1) is 6.36. The van der Waals surface area contributed by atoms with Gasteiger partial charge in [-0.3, -0.25) is 0 Å². The third-order valence-corrected chi connectivity index (χ3v) is 2.21. The fourth-order valence-corrected chi connectivity index (χ4v) is 1.47. The van der Waals surface area contributed by atoms with Crippen molar-refractivity contribution in [1.29, 1.82) is 0 Å². The third kappa shape index (κ3) is 1.86. The molecule has 1 unspecified atom stereocenters. The van der Waals surface area contributed by atoms with E-state index in [1.807, 2.05) is 24.3 Å². The molecule has 0 nitrogen and oxygen atoms in total. The second kappa shape index (κ2) is 3.56. The molecule has 65 valence electrons. The summed E-state index contributed by atoms with van der Waals surface area (Å²) in [5.74, 6) is 0.215. The molecule has 0 bridgehead atoms. The summed E-state index contributed by atoms with van der Waals surface area (Å²) in [5.41, 5.74) is 1.16. The van der Waals surface area contributed by atoms with Crippen LogP contribution in [-0.2, 0) is 0 Å². The van der Waals surface area contributed by atoms with Crippen LogP contribution in [0.2, 0.25) is 0 Å². The van der Waals surface area contributed by atoms with E-state index in [1.165, 1.54) is 12.1 Å². The van der Waals surface area contributed by atoms with E-state index < -0.39 is 0 Å². The summed E-state index contributed by atoms with van der Waals surface area (Å²) in [6.45, 7) is 0. The van der Waals surface area contributed by atoms with Crippen LogP contribution in [0.25, 0.3) is 0 Å². The molecule has 1 aromatic rings. The van der Waals surface area contributed by atoms with Gasteiger partial charge in [-0.1, -0.05) is 30.4 Å². The average molecular weight is 173 g/mol. The van der Waals surface area contributed by atoms with Gasteiger partial charge in [0.25, 0.3) is 0 Å². The summed E-state index contributed by atoms with van der Waals surface area (Å²) in [4.78, 5) is 0. The van der Waals surface area contributed by atoms with Crippen molar-refractivity contribution in [3.05, 3.63) is 60.0 Å². The molecule has 0 N–H and O–H groups in total. The van der Waals surface area contributed by atoms with E-state index in [0.717, 1.165) is 12.0 Å². The summed E-state index contributed by atoms with van der Waals surface area (Å²) < 4.78 is 12.6. The lowest BCUT2D eigenvalue weighted by Gasteiger charge is -2.12. The SMILES string of the molecule is Fc1ccc(C2C=C[C]=CC2)cc1. The van der Waals surface area contributed by atoms with Gasteiger partial charge in [0.2, 0.25) is 0 Å². The molecule has 1 aromatic carbocycles. The van der Waals surface area contributed by atoms with E-state index in [2.05, 4.69) is 12.2 Å². The molecule has 1 radical (unpaired) electrons. The molecule has 0 saturated heterocycles. The van der Waals surface area contributed by atoms with Gasteiger partial charge in [-0.25, -0.2) is 4.39 Å². The molecule has 1 heteroatoms. The largest absolute Gasteiger partial charge is 0.207 e. The Kier molecular flexibility index (Phi) is 2.26. The van der Waals surface area contributed by atoms with Gasteiger partial charge in [-0.05, 0) is 30.2 Å². The smallest absolute Gasteiger partial charge is 0.123 e. The average Bonchev–Trinajstić information content (AvgIpc) is 2.20. The van der Waals surface area contributed by atoms with Crippen molar-refractivity contribution in [2.75, 3.05) is 0 Å². The van der Waals surface area contributed by atoms with E-state index >= 15 is 0 Å². The van der Waals surface area contributed by atoms with Crippen LogP contribution in [-0.4, -0.2) is 0 Å². The van der Waals surface area contributed by atoms with E-state index in [1.54, 1.807) is 0 Å². The van der Waals surface area contributed by atoms with Crippen LogP contribution in [0.15, 0.2) is 42.5 Å². The van der Waals surface area contributed by atoms with Gasteiger partial charge in [-0.2, -0.15) is 0 Å². The van der Waals surface area contributed by atoms with Crippen molar-refractivity contribution in [3.63, 3.8) is 0 Å². The number of benzene rings is 1. The Hall–Kier alpha value is -1.37. The van der Waals surface area contributed by atoms with Crippen LogP contribution in [0.5, 0.6) is 0 Å². The Morgan fingerprint density at radius 2 is 2.00 bits per heavy atom. The topological polar surface area (TPSA) is 0 Å². The maximum atomic E-state index is 12.6. The van der Waals surface area contributed by atoms with Crippen molar-refractivity contribution in [2.45, 2.75) is 12.3 Å². The third-order valence-electron chi connectivity index (χ3n) is 2.21. The Morgan fingerprint density at radius 3 is 2.62 bits per heavy atom. The van der Waals surface area contributed by atoms with Crippen LogP contribution in [0, 0.1) is 11.9 Å².